The number of hydrogen-bond donors (Lipinski definition) is 0. The minimum absolute atomic E-state index is 0.408. The van der Waals surface area contributed by atoms with Gasteiger partial charge in [0, 0.05) is 31.9 Å². The van der Waals surface area contributed by atoms with Crippen LogP contribution in [-0.2, 0) is 23.0 Å². The zero-order chi connectivity index (χ0) is 16.6. The first kappa shape index (κ1) is 15.7. The molecule has 0 saturated carbocycles. The van der Waals surface area contributed by atoms with Crippen molar-refractivity contribution in [2.24, 2.45) is 0 Å². The molecule has 1 saturated heterocycles. The molecular formula is C19H22N2O2S. The lowest BCUT2D eigenvalue weighted by Gasteiger charge is -2.31. The zero-order valence-corrected chi connectivity index (χ0v) is 14.5. The Balaban J connectivity index is 1.54. The summed E-state index contributed by atoms with van der Waals surface area (Å²) < 4.78 is 26.8. The van der Waals surface area contributed by atoms with Crippen molar-refractivity contribution in [2.75, 3.05) is 24.5 Å². The van der Waals surface area contributed by atoms with Crippen LogP contribution in [0.3, 0.4) is 0 Å². The first-order chi connectivity index (χ1) is 11.6. The van der Waals surface area contributed by atoms with Gasteiger partial charge in [-0.2, -0.15) is 4.31 Å². The third kappa shape index (κ3) is 2.82. The van der Waals surface area contributed by atoms with Gasteiger partial charge in [0.1, 0.15) is 0 Å². The smallest absolute Gasteiger partial charge is 0.243 e. The van der Waals surface area contributed by atoms with E-state index in [1.165, 1.54) is 11.1 Å². The van der Waals surface area contributed by atoms with E-state index in [4.69, 9.17) is 0 Å². The Morgan fingerprint density at radius 3 is 2.17 bits per heavy atom. The van der Waals surface area contributed by atoms with Crippen molar-refractivity contribution < 1.29 is 8.42 Å². The lowest BCUT2D eigenvalue weighted by atomic mass is 9.99. The van der Waals surface area contributed by atoms with Gasteiger partial charge in [-0.15, -0.1) is 0 Å². The molecule has 0 atom stereocenters. The second-order valence-electron chi connectivity index (χ2n) is 6.55. The van der Waals surface area contributed by atoms with E-state index in [0.29, 0.717) is 18.0 Å². The molecule has 0 aliphatic carbocycles. The Morgan fingerprint density at radius 1 is 0.792 bits per heavy atom. The first-order valence-electron chi connectivity index (χ1n) is 8.56. The summed E-state index contributed by atoms with van der Waals surface area (Å²) in [5.74, 6) is 0. The Hall–Kier alpha value is -1.85. The summed E-state index contributed by atoms with van der Waals surface area (Å²) in [4.78, 5) is 2.72. The molecule has 0 aromatic heterocycles. The van der Waals surface area contributed by atoms with Crippen LogP contribution in [0.2, 0.25) is 0 Å². The normalized spacial score (nSPS) is 18.6. The third-order valence-electron chi connectivity index (χ3n) is 5.04. The number of hydrogen-bond acceptors (Lipinski definition) is 3. The van der Waals surface area contributed by atoms with Crippen molar-refractivity contribution >= 4 is 15.7 Å². The highest BCUT2D eigenvalue weighted by Crippen LogP contribution is 2.27. The van der Waals surface area contributed by atoms with Gasteiger partial charge in [-0.25, -0.2) is 8.42 Å². The summed E-state index contributed by atoms with van der Waals surface area (Å²) in [7, 11) is -3.32. The van der Waals surface area contributed by atoms with E-state index in [9.17, 15) is 8.42 Å². The van der Waals surface area contributed by atoms with Crippen LogP contribution in [0.4, 0.5) is 5.69 Å². The molecule has 4 nitrogen and oxygen atoms in total. The molecule has 0 amide bonds. The molecule has 126 valence electrons. The number of sulfonamides is 1. The maximum Gasteiger partial charge on any atom is 0.243 e. The van der Waals surface area contributed by atoms with Gasteiger partial charge in [0.2, 0.25) is 10.0 Å². The monoisotopic (exact) mass is 342 g/mol. The SMILES string of the molecule is O=S(=O)(c1ccc(N2CCc3ccccc3C2)cc1)N1CCCC1. The van der Waals surface area contributed by atoms with Gasteiger partial charge >= 0.3 is 0 Å². The number of rotatable bonds is 3. The molecule has 2 aliphatic heterocycles. The summed E-state index contributed by atoms with van der Waals surface area (Å²) in [6.45, 7) is 3.14. The molecule has 24 heavy (non-hydrogen) atoms. The standard InChI is InChI=1S/C19H22N2O2S/c22-24(23,21-12-3-4-13-21)19-9-7-18(8-10-19)20-14-11-16-5-1-2-6-17(16)15-20/h1-2,5-10H,3-4,11-15H2. The van der Waals surface area contributed by atoms with Crippen molar-refractivity contribution in [2.45, 2.75) is 30.7 Å². The highest BCUT2D eigenvalue weighted by Gasteiger charge is 2.27. The fourth-order valence-electron chi connectivity index (χ4n) is 3.62. The minimum Gasteiger partial charge on any atom is -0.367 e. The van der Waals surface area contributed by atoms with Gasteiger partial charge in [0.05, 0.1) is 4.90 Å². The Morgan fingerprint density at radius 2 is 1.46 bits per heavy atom. The van der Waals surface area contributed by atoms with Gasteiger partial charge in [0.15, 0.2) is 0 Å². The van der Waals surface area contributed by atoms with E-state index in [0.717, 1.165) is 38.0 Å². The van der Waals surface area contributed by atoms with Crippen LogP contribution >= 0.6 is 0 Å². The molecule has 4 rings (SSSR count). The molecule has 0 radical (unpaired) electrons. The fraction of sp³-hybridized carbons (Fsp3) is 0.368. The largest absolute Gasteiger partial charge is 0.367 e. The van der Waals surface area contributed by atoms with Gasteiger partial charge < -0.3 is 4.90 Å². The van der Waals surface area contributed by atoms with Gasteiger partial charge in [-0.3, -0.25) is 0 Å². The van der Waals surface area contributed by atoms with E-state index in [2.05, 4.69) is 29.2 Å². The predicted octanol–water partition coefficient (Wildman–Crippen LogP) is 3.03. The fourth-order valence-corrected chi connectivity index (χ4v) is 5.14. The molecule has 5 heteroatoms. The molecule has 0 bridgehead atoms. The maximum absolute atomic E-state index is 12.6. The van der Waals surface area contributed by atoms with Crippen molar-refractivity contribution in [1.29, 1.82) is 0 Å². The van der Waals surface area contributed by atoms with Crippen LogP contribution in [0.1, 0.15) is 24.0 Å². The van der Waals surface area contributed by atoms with Gasteiger partial charge in [-0.05, 0) is 54.7 Å². The molecule has 0 N–H and O–H groups in total. The Labute approximate surface area is 143 Å². The van der Waals surface area contributed by atoms with Crippen LogP contribution in [0, 0.1) is 0 Å². The Kier molecular flexibility index (Phi) is 4.06. The van der Waals surface area contributed by atoms with E-state index in [1.54, 1.807) is 16.4 Å². The van der Waals surface area contributed by atoms with Gasteiger partial charge in [-0.1, -0.05) is 24.3 Å². The Bertz CT molecular complexity index is 825. The molecule has 2 aromatic rings. The summed E-state index contributed by atoms with van der Waals surface area (Å²) in [6, 6.07) is 15.9. The van der Waals surface area contributed by atoms with E-state index < -0.39 is 10.0 Å². The van der Waals surface area contributed by atoms with E-state index in [-0.39, 0.29) is 0 Å². The second-order valence-corrected chi connectivity index (χ2v) is 8.48. The number of fused-ring (bicyclic) bond motifs is 1. The lowest BCUT2D eigenvalue weighted by Crippen LogP contribution is -2.30. The summed E-state index contributed by atoms with van der Waals surface area (Å²) in [5.41, 5.74) is 3.87. The average molecular weight is 342 g/mol. The number of nitrogens with zero attached hydrogens (tertiary/aromatic N) is 2. The molecule has 0 unspecified atom stereocenters. The molecule has 2 heterocycles. The maximum atomic E-state index is 12.6. The zero-order valence-electron chi connectivity index (χ0n) is 13.7. The van der Waals surface area contributed by atoms with E-state index >= 15 is 0 Å². The molecule has 2 aliphatic rings. The predicted molar refractivity (Wildman–Crippen MR) is 95.6 cm³/mol. The average Bonchev–Trinajstić information content (AvgIpc) is 3.17. The molecule has 0 spiro atoms. The first-order valence-corrected chi connectivity index (χ1v) is 10.0. The van der Waals surface area contributed by atoms with Crippen molar-refractivity contribution in [3.63, 3.8) is 0 Å². The number of benzene rings is 2. The molecule has 1 fully saturated rings. The lowest BCUT2D eigenvalue weighted by molar-refractivity contribution is 0.477. The van der Waals surface area contributed by atoms with Gasteiger partial charge in [0.25, 0.3) is 0 Å². The van der Waals surface area contributed by atoms with Crippen LogP contribution in [0.15, 0.2) is 53.4 Å². The van der Waals surface area contributed by atoms with Crippen molar-refractivity contribution in [3.05, 3.63) is 59.7 Å². The summed E-state index contributed by atoms with van der Waals surface area (Å²) >= 11 is 0. The van der Waals surface area contributed by atoms with Crippen LogP contribution < -0.4 is 4.90 Å². The molecule has 2 aromatic carbocycles. The molecular weight excluding hydrogens is 320 g/mol. The van der Waals surface area contributed by atoms with Crippen LogP contribution in [-0.4, -0.2) is 32.4 Å². The van der Waals surface area contributed by atoms with Crippen molar-refractivity contribution in [1.82, 2.24) is 4.31 Å². The summed E-state index contributed by atoms with van der Waals surface area (Å²) in [6.07, 6.45) is 2.96. The highest BCUT2D eigenvalue weighted by molar-refractivity contribution is 7.89. The highest BCUT2D eigenvalue weighted by atomic mass is 32.2. The quantitative estimate of drug-likeness (QED) is 0.861. The number of anilines is 1. The van der Waals surface area contributed by atoms with Crippen LogP contribution in [0.5, 0.6) is 0 Å². The second kappa shape index (κ2) is 6.22. The topological polar surface area (TPSA) is 40.6 Å². The van der Waals surface area contributed by atoms with Crippen molar-refractivity contribution in [3.8, 4) is 0 Å². The van der Waals surface area contributed by atoms with E-state index in [1.807, 2.05) is 12.1 Å². The minimum atomic E-state index is -3.32. The van der Waals surface area contributed by atoms with Crippen LogP contribution in [0.25, 0.3) is 0 Å². The third-order valence-corrected chi connectivity index (χ3v) is 6.95. The summed E-state index contributed by atoms with van der Waals surface area (Å²) in [5, 5.41) is 0.